The zero-order chi connectivity index (χ0) is 20.4. The molecule has 0 spiro atoms. The normalized spacial score (nSPS) is 21.0. The first-order chi connectivity index (χ1) is 12.2. The monoisotopic (exact) mass is 399 g/mol. The highest BCUT2D eigenvalue weighted by Gasteiger charge is 2.52. The summed E-state index contributed by atoms with van der Waals surface area (Å²) in [6, 6.07) is 2.91. The highest BCUT2D eigenvalue weighted by atomic mass is 32.2. The molecule has 1 aromatic heterocycles. The number of aromatic nitrogens is 2. The minimum atomic E-state index is -2.72. The number of nitrogens with zero attached hydrogens (tertiary/aromatic N) is 2. The molecular weight excluding hydrogens is 375 g/mol. The van der Waals surface area contributed by atoms with Crippen LogP contribution in [-0.4, -0.2) is 44.4 Å². The molecule has 1 aromatic carbocycles. The Morgan fingerprint density at radius 2 is 1.81 bits per heavy atom. The Labute approximate surface area is 158 Å². The maximum atomic E-state index is 13.7. The Morgan fingerprint density at radius 1 is 1.26 bits per heavy atom. The van der Waals surface area contributed by atoms with E-state index in [1.807, 2.05) is 27.7 Å². The van der Waals surface area contributed by atoms with Crippen LogP contribution in [0, 0.1) is 0 Å². The second-order valence-electron chi connectivity index (χ2n) is 7.94. The molecule has 148 valence electrons. The van der Waals surface area contributed by atoms with Crippen molar-refractivity contribution in [2.75, 3.05) is 11.0 Å². The largest absolute Gasteiger partial charge is 0.497 e. The zero-order valence-electron chi connectivity index (χ0n) is 16.3. The molecule has 2 aromatic rings. The molecule has 0 aliphatic carbocycles. The second kappa shape index (κ2) is 6.18. The van der Waals surface area contributed by atoms with Gasteiger partial charge in [-0.15, -0.1) is 0 Å². The summed E-state index contributed by atoms with van der Waals surface area (Å²) >= 11 is 0. The molecule has 1 N–H and O–H groups in total. The number of benzene rings is 1. The third kappa shape index (κ3) is 3.45. The molecule has 27 heavy (non-hydrogen) atoms. The number of alkyl halides is 2. The van der Waals surface area contributed by atoms with Gasteiger partial charge in [0.05, 0.1) is 22.1 Å². The van der Waals surface area contributed by atoms with Gasteiger partial charge in [-0.3, -0.25) is 9.40 Å². The van der Waals surface area contributed by atoms with Crippen LogP contribution >= 0.6 is 0 Å². The molecular formula is C17H24BF2N3O3S. The SMILES string of the molecule is C=S(C)(=O)Nc1nn(C)c2c(B3OC(C)(C)C(C)(C)O3)ccc(C(F)F)c12. The predicted molar refractivity (Wildman–Crippen MR) is 106 cm³/mol. The fourth-order valence-electron chi connectivity index (χ4n) is 3.09. The molecule has 2 heterocycles. The molecule has 1 unspecified atom stereocenters. The summed E-state index contributed by atoms with van der Waals surface area (Å²) in [4.78, 5) is 0. The molecule has 3 rings (SSSR count). The van der Waals surface area contributed by atoms with Crippen LogP contribution < -0.4 is 10.2 Å². The van der Waals surface area contributed by atoms with Gasteiger partial charge in [0.2, 0.25) is 0 Å². The van der Waals surface area contributed by atoms with Gasteiger partial charge in [0.1, 0.15) is 0 Å². The molecule has 0 bridgehead atoms. The number of anilines is 1. The van der Waals surface area contributed by atoms with E-state index in [4.69, 9.17) is 9.31 Å². The lowest BCUT2D eigenvalue weighted by Crippen LogP contribution is -2.41. The third-order valence-electron chi connectivity index (χ3n) is 5.11. The van der Waals surface area contributed by atoms with Crippen LogP contribution in [0.4, 0.5) is 14.6 Å². The molecule has 0 radical (unpaired) electrons. The van der Waals surface area contributed by atoms with Crippen molar-refractivity contribution >= 4 is 44.9 Å². The Hall–Kier alpha value is -1.65. The molecule has 1 aliphatic rings. The van der Waals surface area contributed by atoms with Gasteiger partial charge < -0.3 is 9.31 Å². The summed E-state index contributed by atoms with van der Waals surface area (Å²) in [7, 11) is -1.80. The van der Waals surface area contributed by atoms with Crippen LogP contribution in [0.25, 0.3) is 10.9 Å². The van der Waals surface area contributed by atoms with Crippen molar-refractivity contribution in [2.45, 2.75) is 45.3 Å². The van der Waals surface area contributed by atoms with E-state index in [-0.39, 0.29) is 16.8 Å². The average molecular weight is 399 g/mol. The first kappa shape index (κ1) is 20.1. The van der Waals surface area contributed by atoms with Gasteiger partial charge in [-0.1, -0.05) is 12.1 Å². The quantitative estimate of drug-likeness (QED) is 0.634. The lowest BCUT2D eigenvalue weighted by Gasteiger charge is -2.32. The van der Waals surface area contributed by atoms with Crippen molar-refractivity contribution in [2.24, 2.45) is 7.05 Å². The lowest BCUT2D eigenvalue weighted by molar-refractivity contribution is 0.00578. The Kier molecular flexibility index (Phi) is 4.60. The fraction of sp³-hybridized carbons (Fsp3) is 0.529. The van der Waals surface area contributed by atoms with E-state index in [0.29, 0.717) is 11.0 Å². The average Bonchev–Trinajstić information content (AvgIpc) is 2.90. The second-order valence-corrected chi connectivity index (χ2v) is 10.1. The van der Waals surface area contributed by atoms with Gasteiger partial charge in [0.15, 0.2) is 5.82 Å². The molecule has 6 nitrogen and oxygen atoms in total. The Bertz CT molecular complexity index is 987. The van der Waals surface area contributed by atoms with Crippen LogP contribution in [0.1, 0.15) is 39.7 Å². The van der Waals surface area contributed by atoms with Crippen LogP contribution in [0.3, 0.4) is 0 Å². The van der Waals surface area contributed by atoms with Gasteiger partial charge >= 0.3 is 7.12 Å². The smallest absolute Gasteiger partial charge is 0.399 e. The first-order valence-electron chi connectivity index (χ1n) is 8.47. The summed E-state index contributed by atoms with van der Waals surface area (Å²) in [6.45, 7) is 7.68. The predicted octanol–water partition coefficient (Wildman–Crippen LogP) is 2.48. The van der Waals surface area contributed by atoms with Crippen molar-refractivity contribution in [3.05, 3.63) is 17.7 Å². The molecule has 1 atom stereocenters. The standard InChI is InChI=1S/C17H24BF2N3O3S/c1-16(2)17(3,4)26-18(25-16)11-9-8-10(14(19)20)12-13(11)23(5)21-15(12)22-27(6,7)24/h8-9,14H,6H2,1-5,7H3,(H,21,22,24). The number of hydrogen-bond donors (Lipinski definition) is 1. The van der Waals surface area contributed by atoms with E-state index in [1.54, 1.807) is 13.1 Å². The van der Waals surface area contributed by atoms with Crippen LogP contribution in [0.5, 0.6) is 0 Å². The minimum Gasteiger partial charge on any atom is -0.399 e. The number of fused-ring (bicyclic) bond motifs is 1. The van der Waals surface area contributed by atoms with Gasteiger partial charge in [0, 0.05) is 34.0 Å². The minimum absolute atomic E-state index is 0.101. The fourth-order valence-corrected chi connectivity index (χ4v) is 3.64. The number of rotatable bonds is 4. The zero-order valence-corrected chi connectivity index (χ0v) is 17.1. The maximum Gasteiger partial charge on any atom is 0.497 e. The van der Waals surface area contributed by atoms with E-state index >= 15 is 0 Å². The number of halogens is 2. The number of nitrogens with one attached hydrogen (secondary N) is 1. The Morgan fingerprint density at radius 3 is 2.30 bits per heavy atom. The van der Waals surface area contributed by atoms with Crippen LogP contribution in [-0.2, 0) is 26.1 Å². The van der Waals surface area contributed by atoms with Crippen LogP contribution in [0.15, 0.2) is 12.1 Å². The van der Waals surface area contributed by atoms with Gasteiger partial charge in [0.25, 0.3) is 6.43 Å². The summed E-state index contributed by atoms with van der Waals surface area (Å²) in [5.74, 6) is 3.63. The van der Waals surface area contributed by atoms with Crippen LogP contribution in [0.2, 0.25) is 0 Å². The number of hydrogen-bond acceptors (Lipinski definition) is 4. The van der Waals surface area contributed by atoms with Crippen molar-refractivity contribution < 1.29 is 22.3 Å². The van der Waals surface area contributed by atoms with Crippen molar-refractivity contribution in [1.82, 2.24) is 9.78 Å². The molecule has 1 saturated heterocycles. The van der Waals surface area contributed by atoms with Gasteiger partial charge in [-0.2, -0.15) is 5.10 Å². The molecule has 10 heteroatoms. The lowest BCUT2D eigenvalue weighted by atomic mass is 9.77. The maximum absolute atomic E-state index is 13.7. The van der Waals surface area contributed by atoms with Gasteiger partial charge in [-0.05, 0) is 33.6 Å². The molecule has 1 aliphatic heterocycles. The van der Waals surface area contributed by atoms with Gasteiger partial charge in [-0.25, -0.2) is 13.0 Å². The highest BCUT2D eigenvalue weighted by molar-refractivity contribution is 8.00. The van der Waals surface area contributed by atoms with Crippen molar-refractivity contribution in [3.63, 3.8) is 0 Å². The molecule has 0 saturated carbocycles. The van der Waals surface area contributed by atoms with E-state index in [9.17, 15) is 13.0 Å². The van der Waals surface area contributed by atoms with Crippen molar-refractivity contribution in [1.29, 1.82) is 0 Å². The van der Waals surface area contributed by atoms with Crippen molar-refractivity contribution in [3.8, 4) is 0 Å². The summed E-state index contributed by atoms with van der Waals surface area (Å²) in [6.07, 6.45) is -1.34. The van der Waals surface area contributed by atoms with E-state index in [1.165, 1.54) is 17.0 Å². The summed E-state index contributed by atoms with van der Waals surface area (Å²) in [5, 5.41) is 4.46. The summed E-state index contributed by atoms with van der Waals surface area (Å²) in [5.41, 5.74) is -0.323. The number of aryl methyl sites for hydroxylation is 1. The first-order valence-corrected chi connectivity index (χ1v) is 10.6. The highest BCUT2D eigenvalue weighted by Crippen LogP contribution is 2.38. The third-order valence-corrected chi connectivity index (χ3v) is 5.73. The topological polar surface area (TPSA) is 65.4 Å². The summed E-state index contributed by atoms with van der Waals surface area (Å²) < 4.78 is 55.7. The van der Waals surface area contributed by atoms with E-state index in [0.717, 1.165) is 0 Å². The van der Waals surface area contributed by atoms with E-state index < -0.39 is 34.5 Å². The molecule has 0 amide bonds. The van der Waals surface area contributed by atoms with E-state index in [2.05, 4.69) is 15.7 Å². The Balaban J connectivity index is 2.24. The molecule has 1 fully saturated rings.